The molecule has 0 aliphatic carbocycles. The van der Waals surface area contributed by atoms with Crippen LogP contribution in [0, 0.1) is 27.7 Å². The molecule has 2 amide bonds. The molecular formula is C23H25N7O2. The number of nitrogens with zero attached hydrogens (tertiary/aromatic N) is 5. The van der Waals surface area contributed by atoms with Crippen LogP contribution in [0.5, 0.6) is 0 Å². The molecule has 0 saturated carbocycles. The van der Waals surface area contributed by atoms with Gasteiger partial charge in [0.2, 0.25) is 5.91 Å². The number of aryl methyl sites for hydroxylation is 4. The van der Waals surface area contributed by atoms with Gasteiger partial charge in [0.05, 0.1) is 17.7 Å². The van der Waals surface area contributed by atoms with Crippen molar-refractivity contribution in [3.8, 4) is 5.95 Å². The van der Waals surface area contributed by atoms with Crippen LogP contribution in [-0.2, 0) is 18.3 Å². The number of hydrazine groups is 1. The van der Waals surface area contributed by atoms with Gasteiger partial charge in [0.15, 0.2) is 0 Å². The smallest absolute Gasteiger partial charge is 0.271 e. The largest absolute Gasteiger partial charge is 0.350 e. The van der Waals surface area contributed by atoms with Gasteiger partial charge in [0.25, 0.3) is 11.9 Å². The fraction of sp³-hybridized carbons (Fsp3) is 0.261. The molecule has 164 valence electrons. The van der Waals surface area contributed by atoms with E-state index < -0.39 is 0 Å². The summed E-state index contributed by atoms with van der Waals surface area (Å²) in [6.07, 6.45) is 1.81. The predicted molar refractivity (Wildman–Crippen MR) is 120 cm³/mol. The number of nitrogens with one attached hydrogen (secondary N) is 2. The Morgan fingerprint density at radius 2 is 1.69 bits per heavy atom. The second-order valence-corrected chi connectivity index (χ2v) is 7.86. The maximum Gasteiger partial charge on any atom is 0.271 e. The van der Waals surface area contributed by atoms with E-state index in [1.54, 1.807) is 10.9 Å². The van der Waals surface area contributed by atoms with E-state index in [4.69, 9.17) is 0 Å². The number of fused-ring (bicyclic) bond motifs is 1. The minimum absolute atomic E-state index is 0.0677. The highest BCUT2D eigenvalue weighted by Crippen LogP contribution is 2.20. The van der Waals surface area contributed by atoms with Crippen molar-refractivity contribution in [1.29, 1.82) is 0 Å². The lowest BCUT2D eigenvalue weighted by atomic mass is 10.1. The number of aromatic nitrogens is 5. The van der Waals surface area contributed by atoms with Gasteiger partial charge in [-0.25, -0.2) is 14.6 Å². The summed E-state index contributed by atoms with van der Waals surface area (Å²) in [5.41, 5.74) is 10.4. The molecule has 1 aromatic carbocycles. The average molecular weight is 432 g/mol. The fourth-order valence-corrected chi connectivity index (χ4v) is 3.85. The monoisotopic (exact) mass is 431 g/mol. The van der Waals surface area contributed by atoms with Crippen molar-refractivity contribution in [2.45, 2.75) is 34.1 Å². The second kappa shape index (κ2) is 8.26. The highest BCUT2D eigenvalue weighted by Gasteiger charge is 2.19. The van der Waals surface area contributed by atoms with Crippen molar-refractivity contribution in [2.75, 3.05) is 0 Å². The van der Waals surface area contributed by atoms with Crippen LogP contribution in [0.15, 0.2) is 36.5 Å². The van der Waals surface area contributed by atoms with Crippen LogP contribution >= 0.6 is 0 Å². The SMILES string of the molecule is Cc1cc(C)nc(-n2nc(C)c(CC(=O)NNC(=O)c3cn(C)c4ccccc34)c2C)n1. The van der Waals surface area contributed by atoms with Gasteiger partial charge in [0, 0.05) is 46.8 Å². The summed E-state index contributed by atoms with van der Waals surface area (Å²) < 4.78 is 3.52. The van der Waals surface area contributed by atoms with Gasteiger partial charge >= 0.3 is 0 Å². The van der Waals surface area contributed by atoms with Crippen molar-refractivity contribution >= 4 is 22.7 Å². The predicted octanol–water partition coefficient (Wildman–Crippen LogP) is 2.39. The van der Waals surface area contributed by atoms with E-state index >= 15 is 0 Å². The molecule has 0 bridgehead atoms. The number of rotatable bonds is 4. The Bertz CT molecular complexity index is 1330. The molecule has 0 spiro atoms. The lowest BCUT2D eigenvalue weighted by Crippen LogP contribution is -2.42. The van der Waals surface area contributed by atoms with Gasteiger partial charge in [-0.05, 0) is 39.8 Å². The zero-order chi connectivity index (χ0) is 23.0. The summed E-state index contributed by atoms with van der Waals surface area (Å²) in [6, 6.07) is 9.50. The van der Waals surface area contributed by atoms with Crippen molar-refractivity contribution in [1.82, 2.24) is 35.2 Å². The Morgan fingerprint density at radius 3 is 2.41 bits per heavy atom. The lowest BCUT2D eigenvalue weighted by Gasteiger charge is -2.08. The first-order chi connectivity index (χ1) is 15.2. The number of hydrogen-bond acceptors (Lipinski definition) is 5. The second-order valence-electron chi connectivity index (χ2n) is 7.86. The lowest BCUT2D eigenvalue weighted by molar-refractivity contribution is -0.121. The Hall–Kier alpha value is -4.01. The van der Waals surface area contributed by atoms with Gasteiger partial charge in [-0.3, -0.25) is 20.4 Å². The Balaban J connectivity index is 1.47. The van der Waals surface area contributed by atoms with Gasteiger partial charge < -0.3 is 4.57 Å². The third-order valence-corrected chi connectivity index (χ3v) is 5.40. The Kier molecular flexibility index (Phi) is 5.48. The molecule has 9 heteroatoms. The number of amides is 2. The Morgan fingerprint density at radius 1 is 1.00 bits per heavy atom. The number of benzene rings is 1. The van der Waals surface area contributed by atoms with Crippen LogP contribution in [0.2, 0.25) is 0 Å². The fourth-order valence-electron chi connectivity index (χ4n) is 3.85. The Labute approximate surface area is 185 Å². The van der Waals surface area contributed by atoms with Crippen LogP contribution in [-0.4, -0.2) is 36.1 Å². The topological polar surface area (TPSA) is 107 Å². The molecule has 0 saturated heterocycles. The molecule has 0 aliphatic heterocycles. The number of para-hydroxylation sites is 1. The van der Waals surface area contributed by atoms with E-state index in [-0.39, 0.29) is 18.2 Å². The molecule has 4 aromatic rings. The van der Waals surface area contributed by atoms with Gasteiger partial charge in [-0.15, -0.1) is 0 Å². The summed E-state index contributed by atoms with van der Waals surface area (Å²) in [5.74, 6) is -0.243. The third-order valence-electron chi connectivity index (χ3n) is 5.40. The normalized spacial score (nSPS) is 11.0. The third kappa shape index (κ3) is 3.96. The van der Waals surface area contributed by atoms with E-state index in [2.05, 4.69) is 25.9 Å². The van der Waals surface area contributed by atoms with E-state index in [9.17, 15) is 9.59 Å². The minimum atomic E-state index is -0.372. The summed E-state index contributed by atoms with van der Waals surface area (Å²) in [5, 5.41) is 5.34. The summed E-state index contributed by atoms with van der Waals surface area (Å²) in [7, 11) is 1.88. The van der Waals surface area contributed by atoms with E-state index in [1.807, 2.05) is 69.6 Å². The van der Waals surface area contributed by atoms with Crippen LogP contribution < -0.4 is 10.9 Å². The van der Waals surface area contributed by atoms with Gasteiger partial charge in [0.1, 0.15) is 0 Å². The van der Waals surface area contributed by atoms with Crippen LogP contribution in [0.3, 0.4) is 0 Å². The van der Waals surface area contributed by atoms with Gasteiger partial charge in [-0.1, -0.05) is 18.2 Å². The van der Waals surface area contributed by atoms with Crippen molar-refractivity contribution in [3.63, 3.8) is 0 Å². The molecule has 3 aromatic heterocycles. The molecule has 2 N–H and O–H groups in total. The quantitative estimate of drug-likeness (QED) is 0.483. The molecule has 0 aliphatic rings. The van der Waals surface area contributed by atoms with Crippen molar-refractivity contribution in [2.24, 2.45) is 7.05 Å². The molecule has 0 radical (unpaired) electrons. The maximum atomic E-state index is 12.6. The zero-order valence-electron chi connectivity index (χ0n) is 18.7. The number of carbonyl (C=O) groups excluding carboxylic acids is 2. The highest BCUT2D eigenvalue weighted by molar-refractivity contribution is 6.07. The molecule has 32 heavy (non-hydrogen) atoms. The summed E-state index contributed by atoms with van der Waals surface area (Å²) in [6.45, 7) is 7.51. The molecule has 0 atom stereocenters. The molecule has 4 rings (SSSR count). The maximum absolute atomic E-state index is 12.6. The zero-order valence-corrected chi connectivity index (χ0v) is 18.7. The average Bonchev–Trinajstić information content (AvgIpc) is 3.23. The van der Waals surface area contributed by atoms with E-state index in [0.29, 0.717) is 17.2 Å². The standard InChI is InChI=1S/C23H25N7O2/c1-13-10-14(2)25-23(24-13)30-16(4)18(15(3)28-30)11-21(31)26-27-22(32)19-12-29(5)20-9-7-6-8-17(19)20/h6-10,12H,11H2,1-5H3,(H,26,31)(H,27,32). The summed E-state index contributed by atoms with van der Waals surface area (Å²) >= 11 is 0. The first kappa shape index (κ1) is 21.2. The first-order valence-electron chi connectivity index (χ1n) is 10.3. The molecule has 0 fully saturated rings. The van der Waals surface area contributed by atoms with Crippen LogP contribution in [0.4, 0.5) is 0 Å². The molecule has 3 heterocycles. The number of hydrogen-bond donors (Lipinski definition) is 2. The highest BCUT2D eigenvalue weighted by atomic mass is 16.2. The van der Waals surface area contributed by atoms with Crippen LogP contribution in [0.1, 0.15) is 38.7 Å². The van der Waals surface area contributed by atoms with E-state index in [1.165, 1.54) is 0 Å². The van der Waals surface area contributed by atoms with Crippen LogP contribution in [0.25, 0.3) is 16.9 Å². The molecule has 0 unspecified atom stereocenters. The van der Waals surface area contributed by atoms with E-state index in [0.717, 1.165) is 33.5 Å². The van der Waals surface area contributed by atoms with Crippen molar-refractivity contribution in [3.05, 3.63) is 70.4 Å². The van der Waals surface area contributed by atoms with Gasteiger partial charge in [-0.2, -0.15) is 5.10 Å². The minimum Gasteiger partial charge on any atom is -0.350 e. The van der Waals surface area contributed by atoms with Crippen molar-refractivity contribution < 1.29 is 9.59 Å². The molecule has 9 nitrogen and oxygen atoms in total. The number of carbonyl (C=O) groups is 2. The first-order valence-corrected chi connectivity index (χ1v) is 10.3. The molecular weight excluding hydrogens is 406 g/mol. The summed E-state index contributed by atoms with van der Waals surface area (Å²) in [4.78, 5) is 34.1.